The van der Waals surface area contributed by atoms with Crippen LogP contribution < -0.4 is 9.62 Å². The number of nitrogens with zero attached hydrogens (tertiary/aromatic N) is 2. The number of carbonyl (C=O) groups is 1. The predicted molar refractivity (Wildman–Crippen MR) is 133 cm³/mol. The molecule has 1 aliphatic carbocycles. The van der Waals surface area contributed by atoms with E-state index in [0.29, 0.717) is 17.2 Å². The van der Waals surface area contributed by atoms with Crippen molar-refractivity contribution in [3.8, 4) is 0 Å². The largest absolute Gasteiger partial charge is 0.352 e. The summed E-state index contributed by atoms with van der Waals surface area (Å²) in [5.74, 6) is 0.327. The molecule has 0 bridgehead atoms. The lowest BCUT2D eigenvalue weighted by molar-refractivity contribution is -0.384. The Labute approximate surface area is 205 Å². The first-order chi connectivity index (χ1) is 15.9. The predicted octanol–water partition coefficient (Wildman–Crippen LogP) is 5.00. The Morgan fingerprint density at radius 3 is 2.53 bits per heavy atom. The van der Waals surface area contributed by atoms with E-state index in [9.17, 15) is 23.3 Å². The molecule has 1 fully saturated rings. The fourth-order valence-electron chi connectivity index (χ4n) is 4.47. The van der Waals surface area contributed by atoms with Gasteiger partial charge in [-0.3, -0.25) is 19.2 Å². The van der Waals surface area contributed by atoms with Crippen molar-refractivity contribution in [1.82, 2.24) is 5.32 Å². The SMILES string of the molecule is Cc1ccc(N(CC(=O)N[C@@H]2CCC[C@@H](C)[C@@H]2C)S(=O)(=O)c2ccc(Cl)c([N+](=O)[O-])c2)c(C)c1. The van der Waals surface area contributed by atoms with E-state index in [0.717, 1.165) is 35.2 Å². The number of amides is 1. The molecule has 3 atom stereocenters. The molecule has 0 aliphatic heterocycles. The first-order valence-corrected chi connectivity index (χ1v) is 13.1. The molecule has 2 aromatic rings. The van der Waals surface area contributed by atoms with Crippen molar-refractivity contribution in [2.24, 2.45) is 11.8 Å². The minimum Gasteiger partial charge on any atom is -0.352 e. The van der Waals surface area contributed by atoms with Gasteiger partial charge in [-0.25, -0.2) is 8.42 Å². The summed E-state index contributed by atoms with van der Waals surface area (Å²) in [6, 6.07) is 8.52. The second kappa shape index (κ2) is 10.3. The Balaban J connectivity index is 2.00. The number of hydrogen-bond acceptors (Lipinski definition) is 5. The average Bonchev–Trinajstić information content (AvgIpc) is 2.75. The quantitative estimate of drug-likeness (QED) is 0.419. The third-order valence-corrected chi connectivity index (χ3v) is 8.74. The average molecular weight is 508 g/mol. The number of hydrogen-bond donors (Lipinski definition) is 1. The van der Waals surface area contributed by atoms with Crippen LogP contribution in [-0.4, -0.2) is 31.8 Å². The number of rotatable bonds is 7. The van der Waals surface area contributed by atoms with Gasteiger partial charge in [0.15, 0.2) is 0 Å². The number of nitrogens with one attached hydrogen (secondary N) is 1. The standard InChI is InChI=1S/C24H30ClN3O5S/c1-15-8-11-22(17(3)12-15)27(14-24(29)26-21-7-5-6-16(2)18(21)4)34(32,33)19-9-10-20(25)23(13-19)28(30)31/h8-13,16,18,21H,5-7,14H2,1-4H3,(H,26,29)/t16-,18+,21-/m1/s1. The topological polar surface area (TPSA) is 110 Å². The molecule has 1 saturated carbocycles. The molecular weight excluding hydrogens is 478 g/mol. The molecule has 3 rings (SSSR count). The molecule has 8 nitrogen and oxygen atoms in total. The van der Waals surface area contributed by atoms with Crippen molar-refractivity contribution >= 4 is 38.9 Å². The summed E-state index contributed by atoms with van der Waals surface area (Å²) in [5.41, 5.74) is 1.43. The monoisotopic (exact) mass is 507 g/mol. The van der Waals surface area contributed by atoms with Crippen LogP contribution in [0.25, 0.3) is 0 Å². The molecule has 1 N–H and O–H groups in total. The molecule has 0 radical (unpaired) electrons. The molecule has 0 spiro atoms. The Hall–Kier alpha value is -2.65. The molecule has 2 aromatic carbocycles. The summed E-state index contributed by atoms with van der Waals surface area (Å²) in [4.78, 5) is 23.4. The number of carbonyl (C=O) groups excluding carboxylic acids is 1. The van der Waals surface area contributed by atoms with Gasteiger partial charge in [-0.1, -0.05) is 56.0 Å². The van der Waals surface area contributed by atoms with E-state index in [1.54, 1.807) is 19.1 Å². The first kappa shape index (κ1) is 26.0. The number of nitro benzene ring substituents is 1. The van der Waals surface area contributed by atoms with Crippen molar-refractivity contribution < 1.29 is 18.1 Å². The highest BCUT2D eigenvalue weighted by atomic mass is 35.5. The van der Waals surface area contributed by atoms with Crippen LogP contribution >= 0.6 is 11.6 Å². The summed E-state index contributed by atoms with van der Waals surface area (Å²) in [7, 11) is -4.31. The highest BCUT2D eigenvalue weighted by molar-refractivity contribution is 7.92. The lowest BCUT2D eigenvalue weighted by Gasteiger charge is -2.35. The molecule has 10 heteroatoms. The molecule has 1 aliphatic rings. The van der Waals surface area contributed by atoms with Crippen LogP contribution in [0.15, 0.2) is 41.3 Å². The van der Waals surface area contributed by atoms with Crippen molar-refractivity contribution in [3.05, 3.63) is 62.7 Å². The molecule has 0 aromatic heterocycles. The van der Waals surface area contributed by atoms with Crippen LogP contribution in [0.4, 0.5) is 11.4 Å². The molecule has 1 amide bonds. The van der Waals surface area contributed by atoms with Crippen LogP contribution in [-0.2, 0) is 14.8 Å². The number of aryl methyl sites for hydroxylation is 2. The summed E-state index contributed by atoms with van der Waals surface area (Å²) < 4.78 is 28.4. The van der Waals surface area contributed by atoms with E-state index >= 15 is 0 Å². The van der Waals surface area contributed by atoms with E-state index in [2.05, 4.69) is 19.2 Å². The lowest BCUT2D eigenvalue weighted by Crippen LogP contribution is -2.48. The van der Waals surface area contributed by atoms with Gasteiger partial charge < -0.3 is 5.32 Å². The number of nitro groups is 1. The summed E-state index contributed by atoms with van der Waals surface area (Å²) >= 11 is 5.88. The van der Waals surface area contributed by atoms with Crippen LogP contribution in [0.2, 0.25) is 5.02 Å². The highest BCUT2D eigenvalue weighted by Crippen LogP contribution is 2.33. The van der Waals surface area contributed by atoms with E-state index in [1.165, 1.54) is 12.1 Å². The lowest BCUT2D eigenvalue weighted by atomic mass is 9.78. The third-order valence-electron chi connectivity index (χ3n) is 6.66. The minimum absolute atomic E-state index is 0.0310. The van der Waals surface area contributed by atoms with Crippen molar-refractivity contribution in [2.45, 2.75) is 57.9 Å². The maximum atomic E-state index is 13.7. The Morgan fingerprint density at radius 2 is 1.88 bits per heavy atom. The molecule has 184 valence electrons. The number of sulfonamides is 1. The van der Waals surface area contributed by atoms with E-state index < -0.39 is 33.1 Å². The maximum absolute atomic E-state index is 13.7. The van der Waals surface area contributed by atoms with E-state index in [-0.39, 0.29) is 21.9 Å². The van der Waals surface area contributed by atoms with E-state index in [1.807, 2.05) is 13.0 Å². The van der Waals surface area contributed by atoms with Gasteiger partial charge in [-0.2, -0.15) is 0 Å². The fourth-order valence-corrected chi connectivity index (χ4v) is 6.17. The van der Waals surface area contributed by atoms with Gasteiger partial charge >= 0.3 is 0 Å². The zero-order valence-electron chi connectivity index (χ0n) is 19.7. The highest BCUT2D eigenvalue weighted by Gasteiger charge is 2.33. The number of anilines is 1. The Morgan fingerprint density at radius 1 is 1.18 bits per heavy atom. The van der Waals surface area contributed by atoms with Gasteiger partial charge in [-0.05, 0) is 55.9 Å². The summed E-state index contributed by atoms with van der Waals surface area (Å²) in [6.45, 7) is 7.46. The molecule has 0 heterocycles. The molecule has 0 saturated heterocycles. The molecule has 34 heavy (non-hydrogen) atoms. The van der Waals surface area contributed by atoms with Crippen LogP contribution in [0, 0.1) is 35.8 Å². The van der Waals surface area contributed by atoms with Gasteiger partial charge in [-0.15, -0.1) is 0 Å². The summed E-state index contributed by atoms with van der Waals surface area (Å²) in [6.07, 6.45) is 2.95. The van der Waals surface area contributed by atoms with Gasteiger partial charge in [0.25, 0.3) is 15.7 Å². The zero-order valence-corrected chi connectivity index (χ0v) is 21.3. The fraction of sp³-hybridized carbons (Fsp3) is 0.458. The van der Waals surface area contributed by atoms with Crippen LogP contribution in [0.5, 0.6) is 0 Å². The second-order valence-electron chi connectivity index (χ2n) is 9.11. The van der Waals surface area contributed by atoms with Crippen molar-refractivity contribution in [3.63, 3.8) is 0 Å². The van der Waals surface area contributed by atoms with Crippen molar-refractivity contribution in [2.75, 3.05) is 10.8 Å². The second-order valence-corrected chi connectivity index (χ2v) is 11.4. The third kappa shape index (κ3) is 5.52. The Kier molecular flexibility index (Phi) is 7.88. The zero-order chi connectivity index (χ0) is 25.2. The van der Waals surface area contributed by atoms with Crippen molar-refractivity contribution in [1.29, 1.82) is 0 Å². The maximum Gasteiger partial charge on any atom is 0.289 e. The van der Waals surface area contributed by atoms with E-state index in [4.69, 9.17) is 11.6 Å². The number of benzene rings is 2. The van der Waals surface area contributed by atoms with Gasteiger partial charge in [0.1, 0.15) is 11.6 Å². The van der Waals surface area contributed by atoms with Gasteiger partial charge in [0.05, 0.1) is 15.5 Å². The van der Waals surface area contributed by atoms with Crippen LogP contribution in [0.1, 0.15) is 44.2 Å². The summed E-state index contributed by atoms with van der Waals surface area (Å²) in [5, 5.41) is 14.2. The number of halogens is 1. The smallest absolute Gasteiger partial charge is 0.289 e. The molecule has 0 unspecified atom stereocenters. The normalized spacial score (nSPS) is 20.6. The molecular formula is C24H30ClN3O5S. The van der Waals surface area contributed by atoms with Gasteiger partial charge in [0, 0.05) is 12.1 Å². The minimum atomic E-state index is -4.31. The first-order valence-electron chi connectivity index (χ1n) is 11.2. The van der Waals surface area contributed by atoms with Gasteiger partial charge in [0.2, 0.25) is 5.91 Å². The van der Waals surface area contributed by atoms with Crippen LogP contribution in [0.3, 0.4) is 0 Å². The Bertz CT molecular complexity index is 1200.